The summed E-state index contributed by atoms with van der Waals surface area (Å²) in [6.45, 7) is 8.46. The smallest absolute Gasteiger partial charge is 0.180 e. The Kier molecular flexibility index (Phi) is 5.99. The van der Waals surface area contributed by atoms with Crippen molar-refractivity contribution in [2.45, 2.75) is 33.4 Å². The summed E-state index contributed by atoms with van der Waals surface area (Å²) in [5.41, 5.74) is 13.3. The lowest BCUT2D eigenvalue weighted by Crippen LogP contribution is -2.06. The number of benzene rings is 2. The van der Waals surface area contributed by atoms with Crippen molar-refractivity contribution in [1.82, 2.24) is 0 Å². The topological polar surface area (TPSA) is 50.7 Å². The van der Waals surface area contributed by atoms with Gasteiger partial charge in [-0.2, -0.15) is 5.10 Å². The molecule has 0 saturated heterocycles. The van der Waals surface area contributed by atoms with Crippen molar-refractivity contribution in [3.05, 3.63) is 69.8 Å². The molecule has 0 fully saturated rings. The van der Waals surface area contributed by atoms with Gasteiger partial charge in [-0.3, -0.25) is 0 Å². The van der Waals surface area contributed by atoms with Crippen molar-refractivity contribution < 1.29 is 0 Å². The van der Waals surface area contributed by atoms with E-state index < -0.39 is 0 Å². The molecule has 0 bridgehead atoms. The van der Waals surface area contributed by atoms with Gasteiger partial charge in [-0.05, 0) is 55.5 Å². The molecule has 2 aromatic rings. The number of rotatable bonds is 4. The number of nitrogens with zero attached hydrogens (tertiary/aromatic N) is 2. The van der Waals surface area contributed by atoms with Crippen molar-refractivity contribution in [3.8, 4) is 0 Å². The van der Waals surface area contributed by atoms with Crippen LogP contribution in [0.5, 0.6) is 0 Å². The molecule has 0 aliphatic carbocycles. The number of hydrogen-bond donors (Lipinski definition) is 1. The standard InChI is InChI=1S/C19H23N3S/c1-13-10-14(2)16(4)18(15(13)3)11-21-22-19(20)23-12-17-8-6-5-7-9-17/h5-11H,12H2,1-4H3,(H2,20,22). The predicted octanol–water partition coefficient (Wildman–Crippen LogP) is 4.50. The van der Waals surface area contributed by atoms with Gasteiger partial charge >= 0.3 is 0 Å². The van der Waals surface area contributed by atoms with E-state index in [0.717, 1.165) is 11.3 Å². The van der Waals surface area contributed by atoms with E-state index in [9.17, 15) is 0 Å². The van der Waals surface area contributed by atoms with E-state index in [2.05, 4.69) is 56.1 Å². The lowest BCUT2D eigenvalue weighted by Gasteiger charge is -2.11. The van der Waals surface area contributed by atoms with Gasteiger partial charge in [-0.1, -0.05) is 48.2 Å². The molecule has 0 aromatic heterocycles. The van der Waals surface area contributed by atoms with Gasteiger partial charge in [0.1, 0.15) is 0 Å². The second kappa shape index (κ2) is 7.97. The third-order valence-corrected chi connectivity index (χ3v) is 4.85. The number of aryl methyl sites for hydroxylation is 2. The molecule has 0 heterocycles. The predicted molar refractivity (Wildman–Crippen MR) is 102 cm³/mol. The fourth-order valence-electron chi connectivity index (χ4n) is 2.34. The van der Waals surface area contributed by atoms with Crippen molar-refractivity contribution in [2.75, 3.05) is 0 Å². The minimum Gasteiger partial charge on any atom is -0.377 e. The molecule has 0 unspecified atom stereocenters. The Morgan fingerprint density at radius 3 is 2.26 bits per heavy atom. The maximum absolute atomic E-state index is 5.92. The lowest BCUT2D eigenvalue weighted by atomic mass is 9.95. The normalized spacial score (nSPS) is 12.1. The van der Waals surface area contributed by atoms with Gasteiger partial charge in [0.2, 0.25) is 0 Å². The maximum atomic E-state index is 5.92. The van der Waals surface area contributed by atoms with E-state index in [1.54, 1.807) is 6.21 Å². The molecule has 0 aliphatic heterocycles. The average molecular weight is 325 g/mol. The fraction of sp³-hybridized carbons (Fsp3) is 0.263. The molecule has 0 saturated carbocycles. The molecule has 0 aliphatic rings. The zero-order chi connectivity index (χ0) is 16.8. The van der Waals surface area contributed by atoms with Crippen LogP contribution in [0.1, 0.15) is 33.4 Å². The van der Waals surface area contributed by atoms with Crippen molar-refractivity contribution in [1.29, 1.82) is 0 Å². The van der Waals surface area contributed by atoms with Crippen LogP contribution in [-0.4, -0.2) is 11.4 Å². The van der Waals surface area contributed by atoms with Gasteiger partial charge in [-0.25, -0.2) is 0 Å². The van der Waals surface area contributed by atoms with Gasteiger partial charge < -0.3 is 5.73 Å². The maximum Gasteiger partial charge on any atom is 0.180 e. The van der Waals surface area contributed by atoms with E-state index in [-0.39, 0.29) is 0 Å². The minimum absolute atomic E-state index is 0.477. The zero-order valence-corrected chi connectivity index (χ0v) is 14.9. The van der Waals surface area contributed by atoms with E-state index in [0.29, 0.717) is 5.17 Å². The lowest BCUT2D eigenvalue weighted by molar-refractivity contribution is 1.21. The molecular formula is C19H23N3S. The fourth-order valence-corrected chi connectivity index (χ4v) is 2.96. The molecule has 120 valence electrons. The number of nitrogens with two attached hydrogens (primary N) is 1. The highest BCUT2D eigenvalue weighted by Crippen LogP contribution is 2.20. The zero-order valence-electron chi connectivity index (χ0n) is 14.1. The Hall–Kier alpha value is -2.07. The summed E-state index contributed by atoms with van der Waals surface area (Å²) in [7, 11) is 0. The van der Waals surface area contributed by atoms with E-state index >= 15 is 0 Å². The van der Waals surface area contributed by atoms with Crippen LogP contribution >= 0.6 is 11.8 Å². The highest BCUT2D eigenvalue weighted by atomic mass is 32.2. The van der Waals surface area contributed by atoms with Crippen LogP contribution in [0.15, 0.2) is 46.6 Å². The van der Waals surface area contributed by atoms with E-state index in [1.807, 2.05) is 18.2 Å². The Bertz CT molecular complexity index is 708. The quantitative estimate of drug-likeness (QED) is 0.511. The van der Waals surface area contributed by atoms with Crippen LogP contribution in [0, 0.1) is 27.7 Å². The summed E-state index contributed by atoms with van der Waals surface area (Å²) < 4.78 is 0. The molecule has 2 N–H and O–H groups in total. The summed E-state index contributed by atoms with van der Waals surface area (Å²) in [6.07, 6.45) is 1.81. The van der Waals surface area contributed by atoms with Crippen LogP contribution in [0.3, 0.4) is 0 Å². The van der Waals surface area contributed by atoms with Crippen molar-refractivity contribution in [2.24, 2.45) is 15.9 Å². The number of thioether (sulfide) groups is 1. The largest absolute Gasteiger partial charge is 0.377 e. The first-order chi connectivity index (χ1) is 11.0. The van der Waals surface area contributed by atoms with Crippen LogP contribution in [0.25, 0.3) is 0 Å². The van der Waals surface area contributed by atoms with Crippen LogP contribution in [0.4, 0.5) is 0 Å². The van der Waals surface area contributed by atoms with Crippen molar-refractivity contribution >= 4 is 23.1 Å². The van der Waals surface area contributed by atoms with E-state index in [1.165, 1.54) is 39.6 Å². The molecule has 2 aromatic carbocycles. The first-order valence-electron chi connectivity index (χ1n) is 7.59. The Morgan fingerprint density at radius 2 is 1.65 bits per heavy atom. The first-order valence-corrected chi connectivity index (χ1v) is 8.58. The monoisotopic (exact) mass is 325 g/mol. The van der Waals surface area contributed by atoms with Gasteiger partial charge in [0, 0.05) is 11.3 Å². The summed E-state index contributed by atoms with van der Waals surface area (Å²) in [5, 5.41) is 8.75. The summed E-state index contributed by atoms with van der Waals surface area (Å²) in [6, 6.07) is 12.4. The summed E-state index contributed by atoms with van der Waals surface area (Å²) >= 11 is 1.49. The van der Waals surface area contributed by atoms with Crippen LogP contribution in [0.2, 0.25) is 0 Å². The van der Waals surface area contributed by atoms with Gasteiger partial charge in [0.15, 0.2) is 5.17 Å². The van der Waals surface area contributed by atoms with Crippen LogP contribution < -0.4 is 5.73 Å². The van der Waals surface area contributed by atoms with Gasteiger partial charge in [-0.15, -0.1) is 5.10 Å². The second-order valence-electron chi connectivity index (χ2n) is 5.63. The molecule has 23 heavy (non-hydrogen) atoms. The molecule has 4 heteroatoms. The van der Waals surface area contributed by atoms with Gasteiger partial charge in [0.25, 0.3) is 0 Å². The Morgan fingerprint density at radius 1 is 1.04 bits per heavy atom. The molecule has 0 amide bonds. The van der Waals surface area contributed by atoms with Crippen LogP contribution in [-0.2, 0) is 5.75 Å². The minimum atomic E-state index is 0.477. The average Bonchev–Trinajstić information content (AvgIpc) is 2.55. The number of hydrogen-bond acceptors (Lipinski definition) is 3. The Balaban J connectivity index is 2.06. The molecule has 3 nitrogen and oxygen atoms in total. The Labute approximate surface area is 142 Å². The molecule has 2 rings (SSSR count). The van der Waals surface area contributed by atoms with Crippen molar-refractivity contribution in [3.63, 3.8) is 0 Å². The van der Waals surface area contributed by atoms with Gasteiger partial charge in [0.05, 0.1) is 6.21 Å². The second-order valence-corrected chi connectivity index (χ2v) is 6.63. The summed E-state index contributed by atoms with van der Waals surface area (Å²) in [4.78, 5) is 0. The highest BCUT2D eigenvalue weighted by molar-refractivity contribution is 8.13. The summed E-state index contributed by atoms with van der Waals surface area (Å²) in [5.74, 6) is 0.799. The molecule has 0 radical (unpaired) electrons. The molecule has 0 spiro atoms. The number of amidine groups is 1. The third-order valence-electron chi connectivity index (χ3n) is 4.00. The third kappa shape index (κ3) is 4.70. The van der Waals surface area contributed by atoms with E-state index in [4.69, 9.17) is 5.73 Å². The SMILES string of the molecule is Cc1cc(C)c(C)c(C=NN=C(N)SCc2ccccc2)c1C. The highest BCUT2D eigenvalue weighted by Gasteiger charge is 2.06. The molecular weight excluding hydrogens is 302 g/mol. The first kappa shape index (κ1) is 17.3. The molecule has 0 atom stereocenters.